The summed E-state index contributed by atoms with van der Waals surface area (Å²) in [6.45, 7) is 2.04. The number of pyridine rings is 1. The Morgan fingerprint density at radius 3 is 2.86 bits per heavy atom. The molecule has 0 atom stereocenters. The summed E-state index contributed by atoms with van der Waals surface area (Å²) >= 11 is 1.49. The quantitative estimate of drug-likeness (QED) is 0.747. The van der Waals surface area contributed by atoms with Crippen LogP contribution in [-0.4, -0.2) is 20.5 Å². The van der Waals surface area contributed by atoms with E-state index in [1.54, 1.807) is 12.1 Å². The van der Waals surface area contributed by atoms with Crippen LogP contribution in [0.1, 0.15) is 21.6 Å². The van der Waals surface area contributed by atoms with Gasteiger partial charge in [-0.2, -0.15) is 0 Å². The topological polar surface area (TPSA) is 54.6 Å². The largest absolute Gasteiger partial charge is 0.478 e. The van der Waals surface area contributed by atoms with Crippen molar-refractivity contribution < 1.29 is 9.90 Å². The Kier molecular flexibility index (Phi) is 3.66. The van der Waals surface area contributed by atoms with Gasteiger partial charge in [0, 0.05) is 23.0 Å². The number of carboxylic acid groups (broad SMARTS) is 1. The van der Waals surface area contributed by atoms with E-state index in [9.17, 15) is 9.90 Å². The predicted molar refractivity (Wildman–Crippen MR) is 82.9 cm³/mol. The van der Waals surface area contributed by atoms with Crippen molar-refractivity contribution >= 4 is 23.4 Å². The second-order valence-electron chi connectivity index (χ2n) is 4.79. The molecule has 2 aromatic heterocycles. The molecule has 1 aromatic carbocycles. The van der Waals surface area contributed by atoms with Gasteiger partial charge in [0.1, 0.15) is 5.65 Å². The number of hydrogen-bond donors (Lipinski definition) is 1. The molecule has 0 aliphatic heterocycles. The number of benzene rings is 1. The summed E-state index contributed by atoms with van der Waals surface area (Å²) in [4.78, 5) is 16.5. The van der Waals surface area contributed by atoms with Gasteiger partial charge in [-0.05, 0) is 30.7 Å². The number of thioether (sulfide) groups is 1. The van der Waals surface area contributed by atoms with E-state index < -0.39 is 5.97 Å². The third kappa shape index (κ3) is 2.92. The van der Waals surface area contributed by atoms with E-state index in [4.69, 9.17) is 0 Å². The molecule has 0 amide bonds. The van der Waals surface area contributed by atoms with Crippen LogP contribution in [0.25, 0.3) is 5.65 Å². The fraction of sp³-hybridized carbons (Fsp3) is 0.125. The molecular weight excluding hydrogens is 284 g/mol. The molecule has 0 radical (unpaired) electrons. The molecule has 0 unspecified atom stereocenters. The number of hydrogen-bond acceptors (Lipinski definition) is 3. The molecule has 3 rings (SSSR count). The highest BCUT2D eigenvalue weighted by Gasteiger charge is 2.10. The van der Waals surface area contributed by atoms with Crippen LogP contribution in [0, 0.1) is 6.92 Å². The minimum Gasteiger partial charge on any atom is -0.478 e. The normalized spacial score (nSPS) is 10.9. The minimum atomic E-state index is -0.899. The lowest BCUT2D eigenvalue weighted by molar-refractivity contribution is 0.0693. The molecular formula is C16H14N2O2S. The van der Waals surface area contributed by atoms with E-state index in [1.807, 2.05) is 48.0 Å². The maximum absolute atomic E-state index is 11.2. The molecule has 0 saturated heterocycles. The number of carboxylic acids is 1. The standard InChI is InChI=1S/C16H14N2O2S/c1-11-6-7-15-17-12(9-18(15)8-11)10-21-14-5-3-2-4-13(14)16(19)20/h2-9H,10H2,1H3,(H,19,20). The van der Waals surface area contributed by atoms with Crippen LogP contribution in [0.4, 0.5) is 0 Å². The first-order chi connectivity index (χ1) is 10.1. The zero-order valence-electron chi connectivity index (χ0n) is 11.5. The van der Waals surface area contributed by atoms with Crippen molar-refractivity contribution in [1.29, 1.82) is 0 Å². The molecule has 0 aliphatic carbocycles. The van der Waals surface area contributed by atoms with Gasteiger partial charge in [-0.3, -0.25) is 0 Å². The number of rotatable bonds is 4. The monoisotopic (exact) mass is 298 g/mol. The summed E-state index contributed by atoms with van der Waals surface area (Å²) in [6, 6.07) is 11.0. The van der Waals surface area contributed by atoms with Crippen LogP contribution < -0.4 is 0 Å². The van der Waals surface area contributed by atoms with Gasteiger partial charge in [0.15, 0.2) is 0 Å². The fourth-order valence-electron chi connectivity index (χ4n) is 2.15. The molecule has 0 fully saturated rings. The number of aryl methyl sites for hydroxylation is 1. The molecule has 3 aromatic rings. The van der Waals surface area contributed by atoms with Crippen LogP contribution in [0.3, 0.4) is 0 Å². The Labute approximate surface area is 126 Å². The molecule has 21 heavy (non-hydrogen) atoms. The molecule has 0 bridgehead atoms. The third-order valence-corrected chi connectivity index (χ3v) is 4.25. The number of carbonyl (C=O) groups is 1. The molecule has 0 aliphatic rings. The molecule has 0 saturated carbocycles. The van der Waals surface area contributed by atoms with Gasteiger partial charge in [0.05, 0.1) is 11.3 Å². The molecule has 4 nitrogen and oxygen atoms in total. The van der Waals surface area contributed by atoms with Crippen LogP contribution in [0.15, 0.2) is 53.7 Å². The summed E-state index contributed by atoms with van der Waals surface area (Å²) in [5.74, 6) is -0.255. The van der Waals surface area contributed by atoms with E-state index in [2.05, 4.69) is 4.98 Å². The van der Waals surface area contributed by atoms with Gasteiger partial charge in [0.25, 0.3) is 0 Å². The fourth-order valence-corrected chi connectivity index (χ4v) is 3.07. The zero-order chi connectivity index (χ0) is 14.8. The smallest absolute Gasteiger partial charge is 0.336 e. The van der Waals surface area contributed by atoms with Crippen molar-refractivity contribution in [3.05, 3.63) is 65.6 Å². The van der Waals surface area contributed by atoms with E-state index in [-0.39, 0.29) is 0 Å². The third-order valence-electron chi connectivity index (χ3n) is 3.14. The predicted octanol–water partition coefficient (Wildman–Crippen LogP) is 3.63. The van der Waals surface area contributed by atoms with Gasteiger partial charge in [0.2, 0.25) is 0 Å². The van der Waals surface area contributed by atoms with Crippen molar-refractivity contribution in [2.24, 2.45) is 0 Å². The lowest BCUT2D eigenvalue weighted by Gasteiger charge is -2.03. The van der Waals surface area contributed by atoms with Crippen LogP contribution in [0.5, 0.6) is 0 Å². The van der Waals surface area contributed by atoms with E-state index in [1.165, 1.54) is 17.3 Å². The van der Waals surface area contributed by atoms with E-state index in [0.29, 0.717) is 11.3 Å². The van der Waals surface area contributed by atoms with Crippen LogP contribution in [-0.2, 0) is 5.75 Å². The van der Waals surface area contributed by atoms with Crippen LogP contribution >= 0.6 is 11.8 Å². The maximum atomic E-state index is 11.2. The first kappa shape index (κ1) is 13.7. The number of aromatic nitrogens is 2. The number of nitrogens with zero attached hydrogens (tertiary/aromatic N) is 2. The minimum absolute atomic E-state index is 0.335. The van der Waals surface area contributed by atoms with Crippen molar-refractivity contribution in [1.82, 2.24) is 9.38 Å². The Morgan fingerprint density at radius 2 is 2.05 bits per heavy atom. The van der Waals surface area contributed by atoms with Crippen molar-refractivity contribution in [2.45, 2.75) is 17.6 Å². The SMILES string of the molecule is Cc1ccc2nc(CSc3ccccc3C(=O)O)cn2c1. The highest BCUT2D eigenvalue weighted by Crippen LogP contribution is 2.26. The first-order valence-corrected chi connectivity index (χ1v) is 7.51. The average Bonchev–Trinajstić information content (AvgIpc) is 2.87. The number of imidazole rings is 1. The second kappa shape index (κ2) is 5.61. The Morgan fingerprint density at radius 1 is 1.24 bits per heavy atom. The number of aromatic carboxylic acids is 1. The van der Waals surface area contributed by atoms with Gasteiger partial charge < -0.3 is 9.51 Å². The summed E-state index contributed by atoms with van der Waals surface area (Å²) in [6.07, 6.45) is 4.01. The Balaban J connectivity index is 1.82. The van der Waals surface area contributed by atoms with Crippen molar-refractivity contribution in [2.75, 3.05) is 0 Å². The highest BCUT2D eigenvalue weighted by molar-refractivity contribution is 7.98. The molecule has 1 N–H and O–H groups in total. The maximum Gasteiger partial charge on any atom is 0.336 e. The summed E-state index contributed by atoms with van der Waals surface area (Å²) < 4.78 is 1.99. The zero-order valence-corrected chi connectivity index (χ0v) is 12.3. The van der Waals surface area contributed by atoms with E-state index >= 15 is 0 Å². The van der Waals surface area contributed by atoms with Gasteiger partial charge in [-0.15, -0.1) is 11.8 Å². The van der Waals surface area contributed by atoms with Gasteiger partial charge in [-0.25, -0.2) is 9.78 Å². The first-order valence-electron chi connectivity index (χ1n) is 6.53. The molecule has 5 heteroatoms. The summed E-state index contributed by atoms with van der Waals surface area (Å²) in [5, 5.41) is 9.17. The molecule has 2 heterocycles. The summed E-state index contributed by atoms with van der Waals surface area (Å²) in [5.41, 5.74) is 3.35. The van der Waals surface area contributed by atoms with Crippen molar-refractivity contribution in [3.63, 3.8) is 0 Å². The molecule has 106 valence electrons. The van der Waals surface area contributed by atoms with Crippen molar-refractivity contribution in [3.8, 4) is 0 Å². The highest BCUT2D eigenvalue weighted by atomic mass is 32.2. The lowest BCUT2D eigenvalue weighted by Crippen LogP contribution is -1.98. The Hall–Kier alpha value is -2.27. The lowest BCUT2D eigenvalue weighted by atomic mass is 10.2. The number of fused-ring (bicyclic) bond motifs is 1. The second-order valence-corrected chi connectivity index (χ2v) is 5.81. The van der Waals surface area contributed by atoms with Crippen LogP contribution in [0.2, 0.25) is 0 Å². The summed E-state index contributed by atoms with van der Waals surface area (Å²) in [7, 11) is 0. The Bertz CT molecular complexity index is 811. The van der Waals surface area contributed by atoms with E-state index in [0.717, 1.165) is 16.2 Å². The van der Waals surface area contributed by atoms with Gasteiger partial charge >= 0.3 is 5.97 Å². The molecule has 0 spiro atoms. The van der Waals surface area contributed by atoms with Gasteiger partial charge in [-0.1, -0.05) is 18.2 Å². The average molecular weight is 298 g/mol.